The maximum atomic E-state index is 14.6. The molecule has 2 aliphatic rings. The molecule has 2 fully saturated rings. The van der Waals surface area contributed by atoms with E-state index in [-0.39, 0.29) is 53.9 Å². The molecular weight excluding hydrogens is 1250 g/mol. The Kier molecular flexibility index (Phi) is 22.7. The number of carbonyl (C=O) groups is 8. The molecule has 0 aliphatic carbocycles. The molecule has 0 spiro atoms. The molecule has 0 bridgehead atoms. The van der Waals surface area contributed by atoms with E-state index >= 15 is 0 Å². The largest absolute Gasteiger partial charge is 0.508 e. The zero-order valence-electron chi connectivity index (χ0n) is 49.6. The number of ether oxygens (including phenoxy) is 4. The minimum Gasteiger partial charge on any atom is -0.508 e. The second-order valence-corrected chi connectivity index (χ2v) is 25.3. The Morgan fingerprint density at radius 3 is 1.32 bits per heavy atom. The lowest BCUT2D eigenvalue weighted by atomic mass is 9.77. The van der Waals surface area contributed by atoms with Gasteiger partial charge in [-0.15, -0.1) is 0 Å². The SMILES string of the molecule is CC(CC1C(=O)N(c2ccc(O)cc2)C(=O)C1CCC(CC1C(=O)N(c2ccc(OC(=O)/C=C/c3ccc(OC(=O)c4ccccc4)cc3)cc2)C(=O)C1C)c1ccc(OC(=O)/C=C/c2ccc(OC(=O)c3ccccc3)cc2)cc1)c1ccc(O)cc1.S=S=S=S. The van der Waals surface area contributed by atoms with Crippen LogP contribution in [-0.2, 0) is 68.9 Å². The molecule has 2 heterocycles. The van der Waals surface area contributed by atoms with Crippen LogP contribution < -0.4 is 28.7 Å². The summed E-state index contributed by atoms with van der Waals surface area (Å²) in [7, 11) is 2.34. The number of carbonyl (C=O) groups excluding carboxylic acids is 8. The van der Waals surface area contributed by atoms with Gasteiger partial charge in [0.2, 0.25) is 23.6 Å². The first-order valence-corrected chi connectivity index (χ1v) is 33.1. The third kappa shape index (κ3) is 17.2. The Bertz CT molecular complexity index is 4110. The Balaban J connectivity index is 0.00000243. The topological polar surface area (TPSA) is 220 Å². The molecule has 20 heteroatoms. The van der Waals surface area contributed by atoms with E-state index in [2.05, 4.69) is 22.4 Å². The Labute approximate surface area is 546 Å². The predicted molar refractivity (Wildman–Crippen MR) is 358 cm³/mol. The maximum Gasteiger partial charge on any atom is 0.343 e. The summed E-state index contributed by atoms with van der Waals surface area (Å²) >= 11 is 8.66. The third-order valence-electron chi connectivity index (χ3n) is 15.8. The summed E-state index contributed by atoms with van der Waals surface area (Å²) in [6.07, 6.45) is 6.53. The number of imide groups is 2. The second kappa shape index (κ2) is 31.6. The van der Waals surface area contributed by atoms with Crippen molar-refractivity contribution in [3.05, 3.63) is 252 Å². The van der Waals surface area contributed by atoms with E-state index in [1.807, 2.05) is 6.92 Å². The highest BCUT2D eigenvalue weighted by Gasteiger charge is 2.50. The van der Waals surface area contributed by atoms with Crippen molar-refractivity contribution >= 4 is 111 Å². The van der Waals surface area contributed by atoms with Crippen molar-refractivity contribution < 1.29 is 67.5 Å². The lowest BCUT2D eigenvalue weighted by Crippen LogP contribution is -2.31. The maximum absolute atomic E-state index is 14.6. The first-order valence-electron chi connectivity index (χ1n) is 29.1. The number of anilines is 2. The van der Waals surface area contributed by atoms with Gasteiger partial charge < -0.3 is 29.2 Å². The first-order chi connectivity index (χ1) is 44.5. The monoisotopic (exact) mass is 1300 g/mol. The van der Waals surface area contributed by atoms with Crippen molar-refractivity contribution in [3.63, 3.8) is 0 Å². The van der Waals surface area contributed by atoms with E-state index in [4.69, 9.17) is 18.9 Å². The number of phenols is 2. The lowest BCUT2D eigenvalue weighted by Gasteiger charge is -2.25. The Morgan fingerprint density at radius 1 is 0.467 bits per heavy atom. The van der Waals surface area contributed by atoms with Crippen molar-refractivity contribution in [3.8, 4) is 34.5 Å². The lowest BCUT2D eigenvalue weighted by molar-refractivity contribution is -0.129. The fourth-order valence-corrected chi connectivity index (χ4v) is 11.0. The first kappa shape index (κ1) is 66.3. The summed E-state index contributed by atoms with van der Waals surface area (Å²) in [6.45, 7) is 3.64. The van der Waals surface area contributed by atoms with Crippen molar-refractivity contribution in [1.29, 1.82) is 0 Å². The van der Waals surface area contributed by atoms with Gasteiger partial charge in [-0.2, -0.15) is 0 Å². The van der Waals surface area contributed by atoms with E-state index in [0.717, 1.165) is 16.0 Å². The molecule has 0 aromatic heterocycles. The van der Waals surface area contributed by atoms with E-state index in [0.29, 0.717) is 45.9 Å². The van der Waals surface area contributed by atoms with Crippen LogP contribution in [0.4, 0.5) is 11.4 Å². The molecule has 6 atom stereocenters. The summed E-state index contributed by atoms with van der Waals surface area (Å²) in [5, 5.41) is 20.1. The van der Waals surface area contributed by atoms with Gasteiger partial charge in [-0.1, -0.05) is 98.8 Å². The Morgan fingerprint density at radius 2 is 0.848 bits per heavy atom. The normalized spacial score (nSPS) is 16.8. The molecule has 0 saturated carbocycles. The van der Waals surface area contributed by atoms with Gasteiger partial charge in [0.05, 0.1) is 40.3 Å². The van der Waals surface area contributed by atoms with Crippen LogP contribution in [0.3, 0.4) is 0 Å². The standard InChI is InChI=1S/C72H60N2O14.S4/c1-45(49-19-28-56(75)29-20-49)43-64-62(68(80)74(70(64)82)54-24-30-57(76)31-25-54)40-23-53(50-21-36-58(37-22-50)85-65(77)41-17-47-13-32-60(33-14-47)87-71(83)51-9-5-3-6-10-51)44-63-46(2)67(79)73(69(63)81)55-26-38-59(39-27-55)86-66(78)42-18-48-15-34-61(35-16-48)88-72(84)52-11-7-4-8-12-52;1-3-4-2/h3-22,24-39,41-42,45-46,53,62-64,75-76H,23,40,43-44H2,1-2H3;/b41-17+,42-18+;. The Hall–Kier alpha value is -10.1. The summed E-state index contributed by atoms with van der Waals surface area (Å²) in [4.78, 5) is 111. The van der Waals surface area contributed by atoms with Gasteiger partial charge in [-0.3, -0.25) is 29.0 Å². The number of esters is 4. The van der Waals surface area contributed by atoms with E-state index in [1.165, 1.54) is 89.4 Å². The number of nitrogens with zero attached hydrogens (tertiary/aromatic N) is 2. The van der Waals surface area contributed by atoms with Gasteiger partial charge in [-0.05, 0) is 193 Å². The van der Waals surface area contributed by atoms with Gasteiger partial charge in [0.25, 0.3) is 0 Å². The molecule has 4 amide bonds. The third-order valence-corrected chi connectivity index (χ3v) is 18.0. The van der Waals surface area contributed by atoms with Crippen LogP contribution in [0.2, 0.25) is 0 Å². The molecular formula is C72H60N2O14S4. The van der Waals surface area contributed by atoms with Gasteiger partial charge in [0, 0.05) is 58.2 Å². The van der Waals surface area contributed by atoms with E-state index in [1.54, 1.807) is 171 Å². The van der Waals surface area contributed by atoms with Crippen LogP contribution in [0.25, 0.3) is 12.2 Å². The second-order valence-electron chi connectivity index (χ2n) is 21.7. The summed E-state index contributed by atoms with van der Waals surface area (Å²) in [5.41, 5.74) is 4.25. The minimum atomic E-state index is -0.836. The molecule has 466 valence electrons. The molecule has 2 N–H and O–H groups in total. The van der Waals surface area contributed by atoms with Gasteiger partial charge in [0.1, 0.15) is 34.5 Å². The fraction of sp³-hybridized carbons (Fsp3) is 0.167. The number of hydrogen-bond donors (Lipinski definition) is 2. The number of benzene rings is 8. The molecule has 2 saturated heterocycles. The molecule has 0 radical (unpaired) electrons. The van der Waals surface area contributed by atoms with Crippen molar-refractivity contribution in [2.45, 2.75) is 51.4 Å². The fourth-order valence-electron chi connectivity index (χ4n) is 11.0. The van der Waals surface area contributed by atoms with Crippen LogP contribution >= 0.6 is 0 Å². The number of phenolic OH excluding ortho intramolecular Hbond substituents is 2. The van der Waals surface area contributed by atoms with Crippen LogP contribution in [0.1, 0.15) is 94.3 Å². The van der Waals surface area contributed by atoms with Gasteiger partial charge in [-0.25, -0.2) is 19.2 Å². The van der Waals surface area contributed by atoms with Gasteiger partial charge in [0.15, 0.2) is 0 Å². The highest BCUT2D eigenvalue weighted by Crippen LogP contribution is 2.44. The van der Waals surface area contributed by atoms with E-state index in [9.17, 15) is 48.6 Å². The van der Waals surface area contributed by atoms with Crippen LogP contribution in [-0.4, -0.2) is 57.7 Å². The van der Waals surface area contributed by atoms with Crippen LogP contribution in [0.5, 0.6) is 34.5 Å². The highest BCUT2D eigenvalue weighted by atomic mass is 33.2. The summed E-state index contributed by atoms with van der Waals surface area (Å²) < 4.78 is 22.1. The summed E-state index contributed by atoms with van der Waals surface area (Å²) in [6, 6.07) is 55.6. The molecule has 10 rings (SSSR count). The molecule has 16 nitrogen and oxygen atoms in total. The minimum absolute atomic E-state index is 0.0356. The summed E-state index contributed by atoms with van der Waals surface area (Å²) in [5.74, 6) is -6.87. The molecule has 2 aliphatic heterocycles. The molecule has 6 unspecified atom stereocenters. The van der Waals surface area contributed by atoms with Crippen molar-refractivity contribution in [2.75, 3.05) is 9.80 Å². The number of aromatic hydroxyl groups is 2. The zero-order valence-corrected chi connectivity index (χ0v) is 52.8. The quantitative estimate of drug-likeness (QED) is 0.0296. The number of amides is 4. The van der Waals surface area contributed by atoms with Crippen LogP contribution in [0, 0.1) is 23.7 Å². The number of rotatable bonds is 21. The smallest absolute Gasteiger partial charge is 0.343 e. The van der Waals surface area contributed by atoms with Gasteiger partial charge >= 0.3 is 23.9 Å². The average Bonchev–Trinajstić information content (AvgIpc) is 1.65. The molecule has 8 aromatic rings. The predicted octanol–water partition coefficient (Wildman–Crippen LogP) is 12.8. The van der Waals surface area contributed by atoms with Crippen molar-refractivity contribution in [2.24, 2.45) is 23.7 Å². The molecule has 92 heavy (non-hydrogen) atoms. The van der Waals surface area contributed by atoms with Crippen molar-refractivity contribution in [1.82, 2.24) is 0 Å². The average molecular weight is 1310 g/mol. The van der Waals surface area contributed by atoms with E-state index < -0.39 is 77.1 Å². The number of hydrogen-bond acceptors (Lipinski definition) is 16. The molecule has 8 aromatic carbocycles. The van der Waals surface area contributed by atoms with Crippen LogP contribution in [0.15, 0.2) is 218 Å². The highest BCUT2D eigenvalue weighted by molar-refractivity contribution is 8.51. The zero-order chi connectivity index (χ0) is 65.3.